The number of hydrogen-bond donors (Lipinski definition) is 0. The van der Waals surface area contributed by atoms with Gasteiger partial charge in [0.15, 0.2) is 88.1 Å². The van der Waals surface area contributed by atoms with Crippen LogP contribution in [0, 0.1) is 41.5 Å². The second kappa shape index (κ2) is 59.6. The summed E-state index contributed by atoms with van der Waals surface area (Å²) in [6, 6.07) is 177. The van der Waals surface area contributed by atoms with Crippen LogP contribution in [0.2, 0.25) is 0 Å². The van der Waals surface area contributed by atoms with E-state index in [4.69, 9.17) is 4.74 Å². The van der Waals surface area contributed by atoms with Gasteiger partial charge in [0, 0.05) is 22.3 Å². The molecule has 0 aliphatic rings. The van der Waals surface area contributed by atoms with Crippen LogP contribution in [0.5, 0.6) is 5.75 Å². The van der Waals surface area contributed by atoms with Crippen LogP contribution in [-0.4, -0.2) is 6.61 Å². The maximum absolute atomic E-state index is 5.90. The molecule has 0 aliphatic heterocycles. The fourth-order valence-electron chi connectivity index (χ4n) is 17.2. The van der Waals surface area contributed by atoms with Gasteiger partial charge in [-0.3, -0.25) is 0 Å². The first kappa shape index (κ1) is 106. The molecule has 0 unspecified atom stereocenters. The molecule has 0 radical (unpaired) electrons. The molecule has 0 aromatic heterocycles. The zero-order valence-corrected chi connectivity index (χ0v) is 89.0. The summed E-state index contributed by atoms with van der Waals surface area (Å²) in [5, 5.41) is 0. The van der Waals surface area contributed by atoms with Crippen LogP contribution in [-0.2, 0) is 78.2 Å². The number of rotatable bonds is 36. The summed E-state index contributed by atoms with van der Waals surface area (Å²) in [6.07, 6.45) is 20.8. The zero-order valence-electron chi connectivity index (χ0n) is 84.1. The van der Waals surface area contributed by atoms with Gasteiger partial charge in [0.05, 0.1) is 72.0 Å². The first-order valence-corrected chi connectivity index (χ1v) is 58.0. The Morgan fingerprint density at radius 1 is 0.170 bits per heavy atom. The highest BCUT2D eigenvalue weighted by Gasteiger charge is 2.36. The van der Waals surface area contributed by atoms with Crippen LogP contribution in [0.4, 0.5) is 0 Å². The van der Waals surface area contributed by atoms with Crippen LogP contribution < -0.4 is 4.74 Å². The van der Waals surface area contributed by atoms with E-state index in [2.05, 4.69) is 554 Å². The van der Waals surface area contributed by atoms with Crippen molar-refractivity contribution in [2.45, 2.75) is 253 Å². The Labute approximate surface area is 864 Å². The predicted molar refractivity (Wildman–Crippen MR) is 612 cm³/mol. The summed E-state index contributed by atoms with van der Waals surface area (Å²) >= 11 is 0. The molecule has 0 N–H and O–H groups in total. The number of ether oxygens (including phenoxy) is 1. The van der Waals surface area contributed by atoms with Gasteiger partial charge in [-0.25, -0.2) is 0 Å². The molecule has 18 rings (SSSR count). The minimum atomic E-state index is -0.0885. The van der Waals surface area contributed by atoms with Crippen LogP contribution in [0.3, 0.4) is 0 Å². The third-order valence-corrected chi connectivity index (χ3v) is 38.2. The van der Waals surface area contributed by atoms with E-state index in [-0.39, 0.29) is 65.4 Å². The molecule has 0 fully saturated rings. The maximum atomic E-state index is 5.90. The molecule has 141 heavy (non-hydrogen) atoms. The van der Waals surface area contributed by atoms with Crippen molar-refractivity contribution >= 4 is 65.4 Å². The van der Waals surface area contributed by atoms with E-state index in [0.29, 0.717) is 0 Å². The van der Waals surface area contributed by atoms with E-state index in [0.717, 1.165) is 18.8 Å². The Bertz CT molecular complexity index is 6210. The molecule has 0 bridgehead atoms. The van der Waals surface area contributed by atoms with Crippen molar-refractivity contribution < 1.29 is 4.74 Å². The van der Waals surface area contributed by atoms with Crippen molar-refractivity contribution in [2.75, 3.05) is 6.61 Å². The van der Waals surface area contributed by atoms with Crippen molar-refractivity contribution in [3.63, 3.8) is 0 Å². The number of aryl methyl sites for hydroxylation is 8. The Morgan fingerprint density at radius 2 is 0.397 bits per heavy atom. The maximum Gasteiger partial charge on any atom is 0.172 e. The first-order chi connectivity index (χ1) is 69.4. The highest BCUT2D eigenvalue weighted by Crippen LogP contribution is 2.41. The highest BCUT2D eigenvalue weighted by molar-refractivity contribution is 7.98. The van der Waals surface area contributed by atoms with E-state index in [9.17, 15) is 0 Å². The quantitative estimate of drug-likeness (QED) is 0.0281. The summed E-state index contributed by atoms with van der Waals surface area (Å²) in [6.45, 7) is 20.8. The van der Waals surface area contributed by atoms with Gasteiger partial charge in [0.25, 0.3) is 0 Å². The van der Waals surface area contributed by atoms with Crippen molar-refractivity contribution in [2.24, 2.45) is 0 Å². The van der Waals surface area contributed by atoms with E-state index in [1.165, 1.54) is 229 Å². The molecule has 0 saturated carbocycles. The molecule has 18 aromatic rings. The average Bonchev–Trinajstić information content (AvgIpc) is 0.773. The standard InChI is InChI=1S/C26H31S.C24H27OS.C24H27S.C21H21S.C20H19S.C19H17S/c1-2-3-4-5-6-9-14-23-19-21-26(22-20-23)27(24-15-10-7-11-16-24)25-17-12-8-13-18-25;1-2-3-4-11-20-25-21-16-18-24(19-17-21)26(22-12-7-5-8-13-22)23-14-9-6-10-15-23;1-2-3-4-7-12-21-17-19-24(20-18-21)25(22-13-8-5-9-14-22)23-15-10-6-11-16-23;1-16-14-17(2)21(18(3)15-16)22(19-10-6-4-7-11-19)20-12-8-5-9-13-20;1-16-13-14-20(17(2)15-16)21(18-9-5-3-6-10-18)19-11-7-4-8-12-19;1-16-10-8-9-15-19(16)20(17-11-4-2-5-12-17)18-13-6-3-7-14-18/h7-8,10-13,15-22H,2-6,9,14H2,1H3;5-10,12-19H,2-4,11,20H2,1H3;5-6,8-11,13-20H,2-4,7,12H2,1H3;4-15H,1-3H3;3-15H,1-2H3;2-15H,1H3/q6*+1. The van der Waals surface area contributed by atoms with Crippen LogP contribution in [0.25, 0.3) is 0 Å². The summed E-state index contributed by atoms with van der Waals surface area (Å²) in [4.78, 5) is 24.8. The van der Waals surface area contributed by atoms with Gasteiger partial charge in [-0.1, -0.05) is 388 Å². The van der Waals surface area contributed by atoms with Gasteiger partial charge >= 0.3 is 0 Å². The van der Waals surface area contributed by atoms with Crippen molar-refractivity contribution in [3.05, 3.63) is 536 Å². The van der Waals surface area contributed by atoms with E-state index < -0.39 is 0 Å². The highest BCUT2D eigenvalue weighted by atomic mass is 32.2. The lowest BCUT2D eigenvalue weighted by atomic mass is 10.1. The normalized spacial score (nSPS) is 10.9. The topological polar surface area (TPSA) is 9.23 Å². The largest absolute Gasteiger partial charge is 0.494 e. The molecular formula is C134H142OS6+6. The Hall–Kier alpha value is -12.1. The smallest absolute Gasteiger partial charge is 0.172 e. The van der Waals surface area contributed by atoms with Gasteiger partial charge in [-0.05, 0) is 291 Å². The molecule has 18 aromatic carbocycles. The van der Waals surface area contributed by atoms with E-state index in [1.807, 2.05) is 0 Å². The Balaban J connectivity index is 0.000000143. The third-order valence-electron chi connectivity index (χ3n) is 24.2. The van der Waals surface area contributed by atoms with Crippen molar-refractivity contribution in [1.82, 2.24) is 0 Å². The van der Waals surface area contributed by atoms with Gasteiger partial charge in [-0.15, -0.1) is 0 Å². The molecule has 7 heteroatoms. The second-order valence-electron chi connectivity index (χ2n) is 35.4. The number of benzene rings is 18. The molecular weight excluding hydrogens is 1820 g/mol. The SMILES string of the molecule is CCCCCCCCc1ccc([S+](c2ccccc2)c2ccccc2)cc1.CCCCCCOc1ccc([S+](c2ccccc2)c2ccccc2)cc1.CCCCCCc1ccc([S+](c2ccccc2)c2ccccc2)cc1.Cc1cc(C)c([S+](c2ccccc2)c2ccccc2)c(C)c1.Cc1ccc([S+](c2ccccc2)c2ccccc2)c(C)c1.Cc1ccccc1[S+](c1ccccc1)c1ccccc1. The summed E-state index contributed by atoms with van der Waals surface area (Å²) in [5.41, 5.74) is 11.1. The predicted octanol–water partition coefficient (Wildman–Crippen LogP) is 37.5. The Kier molecular flexibility index (Phi) is 44.9. The van der Waals surface area contributed by atoms with Gasteiger partial charge in [0.2, 0.25) is 0 Å². The molecule has 0 saturated heterocycles. The summed E-state index contributed by atoms with van der Waals surface area (Å²) < 4.78 is 5.90. The lowest BCUT2D eigenvalue weighted by molar-refractivity contribution is 0.305. The molecule has 0 amide bonds. The minimum absolute atomic E-state index is 0.0262. The fourth-order valence-corrected chi connectivity index (χ4v) is 30.3. The fraction of sp³-hybridized carbons (Fsp3) is 0.194. The third kappa shape index (κ3) is 33.2. The lowest BCUT2D eigenvalue weighted by Crippen LogP contribution is -2.08. The first-order valence-electron chi connectivity index (χ1n) is 50.6. The van der Waals surface area contributed by atoms with Crippen LogP contribution in [0.15, 0.2) is 579 Å². The van der Waals surface area contributed by atoms with Gasteiger partial charge in [0.1, 0.15) is 5.75 Å². The summed E-state index contributed by atoms with van der Waals surface area (Å²) in [5.74, 6) is 0.968. The Morgan fingerprint density at radius 3 is 0.688 bits per heavy atom. The molecule has 0 spiro atoms. The molecule has 1 nitrogen and oxygen atoms in total. The molecule has 0 atom stereocenters. The van der Waals surface area contributed by atoms with Crippen LogP contribution >= 0.6 is 0 Å². The van der Waals surface area contributed by atoms with Gasteiger partial charge < -0.3 is 4.74 Å². The average molecular weight is 1960 g/mol. The number of hydrogen-bond acceptors (Lipinski definition) is 1. The lowest BCUT2D eigenvalue weighted by Gasteiger charge is -2.13. The second-order valence-corrected chi connectivity index (χ2v) is 47.4. The molecule has 714 valence electrons. The van der Waals surface area contributed by atoms with Crippen molar-refractivity contribution in [3.8, 4) is 5.75 Å². The van der Waals surface area contributed by atoms with Crippen molar-refractivity contribution in [1.29, 1.82) is 0 Å². The summed E-state index contributed by atoms with van der Waals surface area (Å²) in [7, 11) is -0.261. The van der Waals surface area contributed by atoms with E-state index in [1.54, 1.807) is 0 Å². The number of unbranched alkanes of at least 4 members (excludes halogenated alkanes) is 11. The monoisotopic (exact) mass is 1960 g/mol. The van der Waals surface area contributed by atoms with Gasteiger partial charge in [-0.2, -0.15) is 0 Å². The minimum Gasteiger partial charge on any atom is -0.494 e. The van der Waals surface area contributed by atoms with Crippen LogP contribution in [0.1, 0.15) is 155 Å². The van der Waals surface area contributed by atoms with E-state index >= 15 is 0 Å². The molecule has 0 heterocycles. The molecule has 0 aliphatic carbocycles. The zero-order chi connectivity index (χ0) is 98.1.